The molecule has 4 heteroatoms. The van der Waals surface area contributed by atoms with Gasteiger partial charge in [0, 0.05) is 6.04 Å². The van der Waals surface area contributed by atoms with E-state index in [1.807, 2.05) is 13.8 Å². The highest BCUT2D eigenvalue weighted by Gasteiger charge is 2.47. The quantitative estimate of drug-likeness (QED) is 0.645. The Morgan fingerprint density at radius 2 is 1.90 bits per heavy atom. The molecule has 1 N–H and O–H groups in total. The predicted molar refractivity (Wildman–Crippen MR) is 77.6 cm³/mol. The van der Waals surface area contributed by atoms with Gasteiger partial charge in [0.2, 0.25) is 0 Å². The molecule has 0 radical (unpaired) electrons. The van der Waals surface area contributed by atoms with Crippen LogP contribution in [0.5, 0.6) is 0 Å². The number of alkyl halides is 3. The monoisotopic (exact) mass is 291 g/mol. The van der Waals surface area contributed by atoms with E-state index in [1.54, 1.807) is 0 Å². The molecule has 0 saturated heterocycles. The van der Waals surface area contributed by atoms with Gasteiger partial charge in [0.15, 0.2) is 0 Å². The van der Waals surface area contributed by atoms with Gasteiger partial charge in [-0.25, -0.2) is 0 Å². The summed E-state index contributed by atoms with van der Waals surface area (Å²) in [5.41, 5.74) is 1.05. The molecule has 0 spiro atoms. The minimum Gasteiger partial charge on any atom is -0.313 e. The molecular weight excluding hydrogens is 263 g/mol. The van der Waals surface area contributed by atoms with Crippen LogP contribution in [0, 0.1) is 11.8 Å². The molecule has 1 aliphatic rings. The van der Waals surface area contributed by atoms with Crippen LogP contribution in [0.3, 0.4) is 0 Å². The normalized spacial score (nSPS) is 25.4. The van der Waals surface area contributed by atoms with Gasteiger partial charge in [0.05, 0.1) is 5.92 Å². The van der Waals surface area contributed by atoms with Gasteiger partial charge in [0.25, 0.3) is 0 Å². The molecule has 1 aliphatic carbocycles. The summed E-state index contributed by atoms with van der Waals surface area (Å²) in [6.45, 7) is 8.82. The Kier molecular flexibility index (Phi) is 7.07. The van der Waals surface area contributed by atoms with Crippen LogP contribution in [0.15, 0.2) is 12.2 Å². The number of hydrogen-bond acceptors (Lipinski definition) is 1. The Labute approximate surface area is 121 Å². The van der Waals surface area contributed by atoms with Crippen molar-refractivity contribution < 1.29 is 13.2 Å². The molecule has 0 aromatic rings. The summed E-state index contributed by atoms with van der Waals surface area (Å²) in [7, 11) is 0. The maximum absolute atomic E-state index is 13.2. The summed E-state index contributed by atoms with van der Waals surface area (Å²) in [5, 5.41) is 3.35. The Morgan fingerprint density at radius 3 is 2.45 bits per heavy atom. The van der Waals surface area contributed by atoms with E-state index in [0.717, 1.165) is 31.4 Å². The standard InChI is InChI=1S/C16H28F3N/c1-4-10-20-15(11-12(3)5-2)13-8-6-7-9-14(13)16(17,18)19/h13-15,20H,3-11H2,1-2H3. The van der Waals surface area contributed by atoms with Crippen molar-refractivity contribution in [1.29, 1.82) is 0 Å². The van der Waals surface area contributed by atoms with Gasteiger partial charge in [-0.2, -0.15) is 13.2 Å². The highest BCUT2D eigenvalue weighted by molar-refractivity contribution is 5.00. The maximum Gasteiger partial charge on any atom is 0.392 e. The van der Waals surface area contributed by atoms with E-state index in [2.05, 4.69) is 11.9 Å². The van der Waals surface area contributed by atoms with Gasteiger partial charge in [-0.1, -0.05) is 38.8 Å². The van der Waals surface area contributed by atoms with Crippen LogP contribution in [0.1, 0.15) is 58.8 Å². The lowest BCUT2D eigenvalue weighted by atomic mass is 9.73. The topological polar surface area (TPSA) is 12.0 Å². The third kappa shape index (κ3) is 5.12. The van der Waals surface area contributed by atoms with E-state index in [1.165, 1.54) is 0 Å². The molecule has 3 atom stereocenters. The van der Waals surface area contributed by atoms with Crippen molar-refractivity contribution in [3.63, 3.8) is 0 Å². The van der Waals surface area contributed by atoms with Gasteiger partial charge < -0.3 is 5.32 Å². The van der Waals surface area contributed by atoms with E-state index < -0.39 is 12.1 Å². The second-order valence-electron chi connectivity index (χ2n) is 5.96. The summed E-state index contributed by atoms with van der Waals surface area (Å²) >= 11 is 0. The van der Waals surface area contributed by atoms with Crippen LogP contribution in [-0.4, -0.2) is 18.8 Å². The lowest BCUT2D eigenvalue weighted by Crippen LogP contribution is -2.46. The number of nitrogens with one attached hydrogen (secondary N) is 1. The van der Waals surface area contributed by atoms with E-state index in [-0.39, 0.29) is 18.4 Å². The van der Waals surface area contributed by atoms with Crippen LogP contribution in [0.2, 0.25) is 0 Å². The molecule has 0 aliphatic heterocycles. The molecule has 0 heterocycles. The smallest absolute Gasteiger partial charge is 0.313 e. The van der Waals surface area contributed by atoms with Crippen molar-refractivity contribution in [2.24, 2.45) is 11.8 Å². The van der Waals surface area contributed by atoms with Crippen molar-refractivity contribution in [2.75, 3.05) is 6.54 Å². The minimum absolute atomic E-state index is 0.0747. The summed E-state index contributed by atoms with van der Waals surface area (Å²) in [4.78, 5) is 0. The third-order valence-electron chi connectivity index (χ3n) is 4.42. The van der Waals surface area contributed by atoms with E-state index in [4.69, 9.17) is 0 Å². The minimum atomic E-state index is -4.06. The molecule has 1 nitrogen and oxygen atoms in total. The molecular formula is C16H28F3N. The molecule has 3 unspecified atom stereocenters. The number of halogens is 3. The highest BCUT2D eigenvalue weighted by Crippen LogP contribution is 2.43. The number of hydrogen-bond donors (Lipinski definition) is 1. The third-order valence-corrected chi connectivity index (χ3v) is 4.42. The fourth-order valence-corrected chi connectivity index (χ4v) is 3.21. The number of rotatable bonds is 7. The lowest BCUT2D eigenvalue weighted by molar-refractivity contribution is -0.199. The summed E-state index contributed by atoms with van der Waals surface area (Å²) in [5.74, 6) is -1.44. The van der Waals surface area contributed by atoms with E-state index in [0.29, 0.717) is 19.3 Å². The first-order valence-corrected chi connectivity index (χ1v) is 7.86. The Morgan fingerprint density at radius 1 is 1.25 bits per heavy atom. The molecule has 118 valence electrons. The first kappa shape index (κ1) is 17.5. The second-order valence-corrected chi connectivity index (χ2v) is 5.96. The first-order valence-electron chi connectivity index (χ1n) is 7.86. The summed E-state index contributed by atoms with van der Waals surface area (Å²) in [6.07, 6.45) is 0.987. The molecule has 0 amide bonds. The van der Waals surface area contributed by atoms with Gasteiger partial charge >= 0.3 is 6.18 Å². The van der Waals surface area contributed by atoms with Crippen molar-refractivity contribution in [3.05, 3.63) is 12.2 Å². The Hall–Kier alpha value is -0.510. The second kappa shape index (κ2) is 8.06. The Bertz CT molecular complexity index is 299. The average Bonchev–Trinajstić information content (AvgIpc) is 2.42. The summed E-state index contributed by atoms with van der Waals surface area (Å²) in [6, 6.07) is -0.0747. The average molecular weight is 291 g/mol. The summed E-state index contributed by atoms with van der Waals surface area (Å²) < 4.78 is 39.7. The van der Waals surface area contributed by atoms with Crippen LogP contribution in [0.25, 0.3) is 0 Å². The highest BCUT2D eigenvalue weighted by atomic mass is 19.4. The molecule has 20 heavy (non-hydrogen) atoms. The SMILES string of the molecule is C=C(CC)CC(NCCC)C1CCCCC1C(F)(F)F. The van der Waals surface area contributed by atoms with Gasteiger partial charge in [-0.15, -0.1) is 0 Å². The zero-order valence-corrected chi connectivity index (χ0v) is 12.7. The van der Waals surface area contributed by atoms with Crippen LogP contribution in [0.4, 0.5) is 13.2 Å². The molecule has 1 fully saturated rings. The van der Waals surface area contributed by atoms with Crippen molar-refractivity contribution in [2.45, 2.75) is 71.0 Å². The van der Waals surface area contributed by atoms with Crippen molar-refractivity contribution in [1.82, 2.24) is 5.32 Å². The molecule has 0 bridgehead atoms. The van der Waals surface area contributed by atoms with Gasteiger partial charge in [-0.05, 0) is 44.6 Å². The maximum atomic E-state index is 13.2. The first-order chi connectivity index (χ1) is 9.40. The van der Waals surface area contributed by atoms with Crippen molar-refractivity contribution >= 4 is 0 Å². The van der Waals surface area contributed by atoms with Crippen molar-refractivity contribution in [3.8, 4) is 0 Å². The van der Waals surface area contributed by atoms with Crippen LogP contribution < -0.4 is 5.32 Å². The van der Waals surface area contributed by atoms with E-state index in [9.17, 15) is 13.2 Å². The predicted octanol–water partition coefficient (Wildman–Crippen LogP) is 5.08. The van der Waals surface area contributed by atoms with Crippen LogP contribution >= 0.6 is 0 Å². The van der Waals surface area contributed by atoms with Gasteiger partial charge in [0.1, 0.15) is 0 Å². The molecule has 1 saturated carbocycles. The molecule has 0 aromatic heterocycles. The van der Waals surface area contributed by atoms with Crippen LogP contribution in [-0.2, 0) is 0 Å². The largest absolute Gasteiger partial charge is 0.392 e. The zero-order valence-electron chi connectivity index (χ0n) is 12.7. The fourth-order valence-electron chi connectivity index (χ4n) is 3.21. The van der Waals surface area contributed by atoms with Gasteiger partial charge in [-0.3, -0.25) is 0 Å². The molecule has 0 aromatic carbocycles. The molecule has 1 rings (SSSR count). The van der Waals surface area contributed by atoms with E-state index >= 15 is 0 Å². The zero-order chi connectivity index (χ0) is 15.2. The Balaban J connectivity index is 2.81. The lowest BCUT2D eigenvalue weighted by Gasteiger charge is -2.39. The fraction of sp³-hybridized carbons (Fsp3) is 0.875.